The Morgan fingerprint density at radius 2 is 1.43 bits per heavy atom. The highest BCUT2D eigenvalue weighted by Gasteiger charge is 2.03. The molecule has 23 heavy (non-hydrogen) atoms. The molecule has 122 valence electrons. The average Bonchev–Trinajstić information content (AvgIpc) is 2.56. The van der Waals surface area contributed by atoms with Crippen LogP contribution in [-0.2, 0) is 4.79 Å². The van der Waals surface area contributed by atoms with Crippen molar-refractivity contribution in [1.29, 1.82) is 0 Å². The second-order valence-corrected chi connectivity index (χ2v) is 5.84. The van der Waals surface area contributed by atoms with Gasteiger partial charge in [0.2, 0.25) is 5.91 Å². The summed E-state index contributed by atoms with van der Waals surface area (Å²) < 4.78 is 0. The zero-order valence-corrected chi connectivity index (χ0v) is 13.7. The second kappa shape index (κ2) is 8.99. The van der Waals surface area contributed by atoms with Crippen molar-refractivity contribution < 1.29 is 9.90 Å². The summed E-state index contributed by atoms with van der Waals surface area (Å²) in [6.45, 7) is 2.19. The van der Waals surface area contributed by atoms with Crippen molar-refractivity contribution in [2.24, 2.45) is 0 Å². The fourth-order valence-corrected chi connectivity index (χ4v) is 2.51. The third-order valence-electron chi connectivity index (χ3n) is 3.88. The van der Waals surface area contributed by atoms with Gasteiger partial charge in [0.25, 0.3) is 0 Å². The fourth-order valence-electron chi connectivity index (χ4n) is 2.51. The minimum atomic E-state index is 0.0823. The lowest BCUT2D eigenvalue weighted by Crippen LogP contribution is -2.10. The summed E-state index contributed by atoms with van der Waals surface area (Å²) in [6, 6.07) is 14.9. The zero-order chi connectivity index (χ0) is 16.5. The van der Waals surface area contributed by atoms with Gasteiger partial charge in [-0.2, -0.15) is 0 Å². The van der Waals surface area contributed by atoms with Crippen molar-refractivity contribution >= 4 is 11.6 Å². The van der Waals surface area contributed by atoms with E-state index in [0.29, 0.717) is 6.42 Å². The molecule has 0 spiro atoms. The predicted molar refractivity (Wildman–Crippen MR) is 95.5 cm³/mol. The van der Waals surface area contributed by atoms with Crippen LogP contribution in [0.25, 0.3) is 11.1 Å². The van der Waals surface area contributed by atoms with Crippen molar-refractivity contribution in [2.45, 2.75) is 45.4 Å². The topological polar surface area (TPSA) is 49.3 Å². The van der Waals surface area contributed by atoms with Gasteiger partial charge < -0.3 is 10.4 Å². The van der Waals surface area contributed by atoms with E-state index in [1.165, 1.54) is 19.3 Å². The fraction of sp³-hybridized carbons (Fsp3) is 0.350. The molecule has 0 aromatic heterocycles. The Balaban J connectivity index is 1.82. The van der Waals surface area contributed by atoms with Gasteiger partial charge in [-0.3, -0.25) is 4.79 Å². The van der Waals surface area contributed by atoms with Gasteiger partial charge in [0.05, 0.1) is 0 Å². The summed E-state index contributed by atoms with van der Waals surface area (Å²) in [7, 11) is 0. The maximum atomic E-state index is 11.9. The molecule has 0 heterocycles. The summed E-state index contributed by atoms with van der Waals surface area (Å²) in [6.07, 6.45) is 6.35. The van der Waals surface area contributed by atoms with Gasteiger partial charge in [0, 0.05) is 12.1 Å². The molecular formula is C20H25NO2. The van der Waals surface area contributed by atoms with E-state index in [-0.39, 0.29) is 11.7 Å². The molecule has 0 bridgehead atoms. The van der Waals surface area contributed by atoms with E-state index in [9.17, 15) is 9.90 Å². The predicted octanol–water partition coefficient (Wildman–Crippen LogP) is 5.36. The molecule has 1 amide bonds. The van der Waals surface area contributed by atoms with E-state index in [4.69, 9.17) is 0 Å². The molecule has 0 radical (unpaired) electrons. The largest absolute Gasteiger partial charge is 0.508 e. The SMILES string of the molecule is CCCCCCCC(=O)Nc1ccc(-c2ccc(O)cc2)cc1. The first-order valence-corrected chi connectivity index (χ1v) is 8.38. The van der Waals surface area contributed by atoms with Crippen LogP contribution in [0.1, 0.15) is 45.4 Å². The van der Waals surface area contributed by atoms with Gasteiger partial charge in [0.15, 0.2) is 0 Å². The molecule has 0 saturated carbocycles. The number of phenolic OH excluding ortho intramolecular Hbond substituents is 1. The Labute approximate surface area is 138 Å². The van der Waals surface area contributed by atoms with E-state index < -0.39 is 0 Å². The molecule has 2 aromatic rings. The summed E-state index contributed by atoms with van der Waals surface area (Å²) >= 11 is 0. The maximum Gasteiger partial charge on any atom is 0.224 e. The van der Waals surface area contributed by atoms with Crippen LogP contribution in [0.4, 0.5) is 5.69 Å². The quantitative estimate of drug-likeness (QED) is 0.645. The van der Waals surface area contributed by atoms with E-state index in [2.05, 4.69) is 12.2 Å². The molecule has 0 aliphatic carbocycles. The third-order valence-corrected chi connectivity index (χ3v) is 3.88. The number of amides is 1. The smallest absolute Gasteiger partial charge is 0.224 e. The molecule has 0 fully saturated rings. The van der Waals surface area contributed by atoms with Gasteiger partial charge in [-0.05, 0) is 41.8 Å². The molecular weight excluding hydrogens is 286 g/mol. The van der Waals surface area contributed by atoms with Crippen molar-refractivity contribution in [2.75, 3.05) is 5.32 Å². The molecule has 0 aliphatic rings. The van der Waals surface area contributed by atoms with Crippen LogP contribution in [-0.4, -0.2) is 11.0 Å². The normalized spacial score (nSPS) is 10.5. The van der Waals surface area contributed by atoms with Gasteiger partial charge in [-0.25, -0.2) is 0 Å². The molecule has 2 rings (SSSR count). The second-order valence-electron chi connectivity index (χ2n) is 5.84. The van der Waals surface area contributed by atoms with Gasteiger partial charge in [-0.15, -0.1) is 0 Å². The number of anilines is 1. The molecule has 2 N–H and O–H groups in total. The third kappa shape index (κ3) is 5.78. The van der Waals surface area contributed by atoms with Crippen LogP contribution in [0.5, 0.6) is 5.75 Å². The first kappa shape index (κ1) is 17.1. The van der Waals surface area contributed by atoms with Crippen LogP contribution in [0.15, 0.2) is 48.5 Å². The minimum Gasteiger partial charge on any atom is -0.508 e. The number of hydrogen-bond acceptors (Lipinski definition) is 2. The Hall–Kier alpha value is -2.29. The van der Waals surface area contributed by atoms with Crippen molar-refractivity contribution in [3.63, 3.8) is 0 Å². The van der Waals surface area contributed by atoms with E-state index >= 15 is 0 Å². The lowest BCUT2D eigenvalue weighted by Gasteiger charge is -2.07. The highest BCUT2D eigenvalue weighted by atomic mass is 16.3. The molecule has 3 nitrogen and oxygen atoms in total. The first-order valence-electron chi connectivity index (χ1n) is 8.38. The minimum absolute atomic E-state index is 0.0823. The lowest BCUT2D eigenvalue weighted by atomic mass is 10.1. The monoisotopic (exact) mass is 311 g/mol. The summed E-state index contributed by atoms with van der Waals surface area (Å²) in [4.78, 5) is 11.9. The summed E-state index contributed by atoms with van der Waals surface area (Å²) in [5.41, 5.74) is 2.92. The number of nitrogens with one attached hydrogen (secondary N) is 1. The number of aromatic hydroxyl groups is 1. The van der Waals surface area contributed by atoms with E-state index in [0.717, 1.165) is 29.7 Å². The molecule has 0 saturated heterocycles. The van der Waals surface area contributed by atoms with E-state index in [1.54, 1.807) is 12.1 Å². The van der Waals surface area contributed by atoms with Crippen molar-refractivity contribution in [3.8, 4) is 16.9 Å². The Kier molecular flexibility index (Phi) is 6.67. The number of rotatable bonds is 8. The number of carbonyl (C=O) groups is 1. The number of carbonyl (C=O) groups excluding carboxylic acids is 1. The van der Waals surface area contributed by atoms with Crippen LogP contribution in [0.2, 0.25) is 0 Å². The Morgan fingerprint density at radius 1 is 0.870 bits per heavy atom. The van der Waals surface area contributed by atoms with E-state index in [1.807, 2.05) is 36.4 Å². The van der Waals surface area contributed by atoms with Crippen molar-refractivity contribution in [3.05, 3.63) is 48.5 Å². The number of phenols is 1. The number of hydrogen-bond donors (Lipinski definition) is 2. The maximum absolute atomic E-state index is 11.9. The standard InChI is InChI=1S/C20H25NO2/c1-2-3-4-5-6-7-20(23)21-18-12-8-16(9-13-18)17-10-14-19(22)15-11-17/h8-15,22H,2-7H2,1H3,(H,21,23). The molecule has 0 atom stereocenters. The molecule has 0 aliphatic heterocycles. The van der Waals surface area contributed by atoms with Crippen LogP contribution >= 0.6 is 0 Å². The van der Waals surface area contributed by atoms with Crippen LogP contribution in [0, 0.1) is 0 Å². The van der Waals surface area contributed by atoms with Gasteiger partial charge in [0.1, 0.15) is 5.75 Å². The zero-order valence-electron chi connectivity index (χ0n) is 13.7. The lowest BCUT2D eigenvalue weighted by molar-refractivity contribution is -0.116. The van der Waals surface area contributed by atoms with Crippen molar-refractivity contribution in [1.82, 2.24) is 0 Å². The summed E-state index contributed by atoms with van der Waals surface area (Å²) in [5, 5.41) is 12.3. The first-order chi connectivity index (χ1) is 11.2. The molecule has 3 heteroatoms. The molecule has 2 aromatic carbocycles. The van der Waals surface area contributed by atoms with Gasteiger partial charge >= 0.3 is 0 Å². The highest BCUT2D eigenvalue weighted by molar-refractivity contribution is 5.90. The Bertz CT molecular complexity index is 603. The average molecular weight is 311 g/mol. The van der Waals surface area contributed by atoms with Crippen LogP contribution < -0.4 is 5.32 Å². The molecule has 0 unspecified atom stereocenters. The summed E-state index contributed by atoms with van der Waals surface area (Å²) in [5.74, 6) is 0.343. The Morgan fingerprint density at radius 3 is 2.04 bits per heavy atom. The number of unbranched alkanes of at least 4 members (excludes halogenated alkanes) is 4. The van der Waals surface area contributed by atoms with Crippen LogP contribution in [0.3, 0.4) is 0 Å². The highest BCUT2D eigenvalue weighted by Crippen LogP contribution is 2.23. The van der Waals surface area contributed by atoms with Gasteiger partial charge in [-0.1, -0.05) is 56.9 Å². The number of benzene rings is 2.